The number of nitrogens with zero attached hydrogens (tertiary/aromatic N) is 4. The van der Waals surface area contributed by atoms with E-state index in [1.165, 1.54) is 37.7 Å². The maximum atomic E-state index is 13.3. The van der Waals surface area contributed by atoms with E-state index in [4.69, 9.17) is 9.47 Å². The molecule has 5 rings (SSSR count). The summed E-state index contributed by atoms with van der Waals surface area (Å²) >= 11 is 0. The SMILES string of the molecule is COC(c1ccc2c(c1)CN(C(=O)c1cnn3cccnc13)CCO2)C1CCCCC1. The fourth-order valence-electron chi connectivity index (χ4n) is 4.95. The summed E-state index contributed by atoms with van der Waals surface area (Å²) in [7, 11) is 1.80. The molecule has 1 aromatic carbocycles. The van der Waals surface area contributed by atoms with Crippen LogP contribution in [0.1, 0.15) is 59.7 Å². The molecule has 1 amide bonds. The van der Waals surface area contributed by atoms with E-state index in [-0.39, 0.29) is 12.0 Å². The Morgan fingerprint density at radius 2 is 2.13 bits per heavy atom. The van der Waals surface area contributed by atoms with Crippen LogP contribution >= 0.6 is 0 Å². The highest BCUT2D eigenvalue weighted by Gasteiger charge is 2.28. The molecule has 2 aromatic heterocycles. The Morgan fingerprint density at radius 3 is 2.97 bits per heavy atom. The first-order valence-electron chi connectivity index (χ1n) is 11.1. The fraction of sp³-hybridized carbons (Fsp3) is 0.458. The first-order valence-corrected chi connectivity index (χ1v) is 11.1. The Balaban J connectivity index is 1.41. The molecule has 0 N–H and O–H groups in total. The van der Waals surface area contributed by atoms with Gasteiger partial charge in [0.25, 0.3) is 5.91 Å². The predicted octanol–water partition coefficient (Wildman–Crippen LogP) is 4.03. The molecular formula is C24H28N4O3. The molecular weight excluding hydrogens is 392 g/mol. The second-order valence-electron chi connectivity index (χ2n) is 8.44. The van der Waals surface area contributed by atoms with E-state index >= 15 is 0 Å². The lowest BCUT2D eigenvalue weighted by Crippen LogP contribution is -2.32. The zero-order valence-electron chi connectivity index (χ0n) is 17.9. The normalized spacial score (nSPS) is 18.3. The van der Waals surface area contributed by atoms with Gasteiger partial charge in [-0.3, -0.25) is 4.79 Å². The molecule has 1 saturated carbocycles. The van der Waals surface area contributed by atoms with Gasteiger partial charge in [-0.05, 0) is 42.5 Å². The van der Waals surface area contributed by atoms with Gasteiger partial charge in [0.2, 0.25) is 0 Å². The number of hydrogen-bond donors (Lipinski definition) is 0. The molecule has 7 heteroatoms. The molecule has 1 aliphatic heterocycles. The standard InChI is InChI=1S/C24H28N4O3/c1-30-22(17-6-3-2-4-7-17)18-8-9-21-19(14-18)16-27(12-13-31-21)24(29)20-15-26-28-11-5-10-25-23(20)28/h5,8-11,14-15,17,22H,2-4,6-7,12-13,16H2,1H3. The van der Waals surface area contributed by atoms with E-state index in [0.717, 1.165) is 11.3 Å². The number of hydrogen-bond acceptors (Lipinski definition) is 5. The fourth-order valence-corrected chi connectivity index (χ4v) is 4.95. The maximum absolute atomic E-state index is 13.3. The molecule has 31 heavy (non-hydrogen) atoms. The molecule has 0 saturated heterocycles. The highest BCUT2D eigenvalue weighted by atomic mass is 16.5. The molecule has 1 aliphatic carbocycles. The molecule has 162 valence electrons. The van der Waals surface area contributed by atoms with Gasteiger partial charge in [0, 0.05) is 31.6 Å². The third kappa shape index (κ3) is 3.90. The van der Waals surface area contributed by atoms with Gasteiger partial charge in [0.15, 0.2) is 5.65 Å². The van der Waals surface area contributed by atoms with Gasteiger partial charge in [0.1, 0.15) is 17.9 Å². The van der Waals surface area contributed by atoms with Crippen LogP contribution in [0.3, 0.4) is 0 Å². The van der Waals surface area contributed by atoms with Crippen molar-refractivity contribution in [2.24, 2.45) is 5.92 Å². The highest BCUT2D eigenvalue weighted by Crippen LogP contribution is 2.38. The largest absolute Gasteiger partial charge is 0.491 e. The van der Waals surface area contributed by atoms with Crippen molar-refractivity contribution in [1.82, 2.24) is 19.5 Å². The van der Waals surface area contributed by atoms with Crippen molar-refractivity contribution in [2.45, 2.75) is 44.8 Å². The number of aromatic nitrogens is 3. The number of carbonyl (C=O) groups excluding carboxylic acids is 1. The van der Waals surface area contributed by atoms with Crippen LogP contribution in [0.25, 0.3) is 5.65 Å². The summed E-state index contributed by atoms with van der Waals surface area (Å²) in [6.45, 7) is 1.47. The third-order valence-corrected chi connectivity index (χ3v) is 6.52. The lowest BCUT2D eigenvalue weighted by Gasteiger charge is -2.30. The second kappa shape index (κ2) is 8.67. The molecule has 7 nitrogen and oxygen atoms in total. The summed E-state index contributed by atoms with van der Waals surface area (Å²) < 4.78 is 13.5. The number of methoxy groups -OCH3 is 1. The summed E-state index contributed by atoms with van der Waals surface area (Å²) in [5.74, 6) is 1.31. The molecule has 1 atom stereocenters. The minimum Gasteiger partial charge on any atom is -0.491 e. The Bertz CT molecular complexity index is 1070. The van der Waals surface area contributed by atoms with Crippen LogP contribution in [-0.2, 0) is 11.3 Å². The molecule has 0 spiro atoms. The molecule has 0 radical (unpaired) electrons. The highest BCUT2D eigenvalue weighted by molar-refractivity contribution is 5.99. The Hall–Kier alpha value is -2.93. The monoisotopic (exact) mass is 420 g/mol. The first kappa shape index (κ1) is 20.0. The van der Waals surface area contributed by atoms with E-state index in [1.807, 2.05) is 11.0 Å². The van der Waals surface area contributed by atoms with Crippen LogP contribution in [-0.4, -0.2) is 45.7 Å². The second-order valence-corrected chi connectivity index (χ2v) is 8.44. The summed E-state index contributed by atoms with van der Waals surface area (Å²) in [5, 5.41) is 4.26. The number of fused-ring (bicyclic) bond motifs is 2. The summed E-state index contributed by atoms with van der Waals surface area (Å²) in [5.41, 5.74) is 3.27. The van der Waals surface area contributed by atoms with Crippen molar-refractivity contribution in [3.8, 4) is 5.75 Å². The lowest BCUT2D eigenvalue weighted by atomic mass is 9.82. The molecule has 0 bridgehead atoms. The van der Waals surface area contributed by atoms with E-state index in [1.54, 1.807) is 36.3 Å². The zero-order valence-corrected chi connectivity index (χ0v) is 17.9. The van der Waals surface area contributed by atoms with Gasteiger partial charge in [-0.1, -0.05) is 25.3 Å². The van der Waals surface area contributed by atoms with Gasteiger partial charge >= 0.3 is 0 Å². The van der Waals surface area contributed by atoms with Gasteiger partial charge in [0.05, 0.1) is 18.8 Å². The van der Waals surface area contributed by atoms with Crippen LogP contribution < -0.4 is 4.74 Å². The van der Waals surface area contributed by atoms with Crippen LogP contribution in [0.5, 0.6) is 5.75 Å². The van der Waals surface area contributed by atoms with Crippen molar-refractivity contribution in [2.75, 3.05) is 20.3 Å². The van der Waals surface area contributed by atoms with Crippen LogP contribution in [0.2, 0.25) is 0 Å². The van der Waals surface area contributed by atoms with Gasteiger partial charge in [-0.25, -0.2) is 9.50 Å². The van der Waals surface area contributed by atoms with E-state index in [9.17, 15) is 4.79 Å². The number of carbonyl (C=O) groups is 1. The molecule has 1 fully saturated rings. The van der Waals surface area contributed by atoms with Crippen LogP contribution in [0.15, 0.2) is 42.9 Å². The zero-order chi connectivity index (χ0) is 21.2. The maximum Gasteiger partial charge on any atom is 0.259 e. The smallest absolute Gasteiger partial charge is 0.259 e. The summed E-state index contributed by atoms with van der Waals surface area (Å²) in [6, 6.07) is 8.11. The molecule has 3 aromatic rings. The number of benzene rings is 1. The number of rotatable bonds is 4. The van der Waals surface area contributed by atoms with Crippen LogP contribution in [0, 0.1) is 5.92 Å². The Kier molecular flexibility index (Phi) is 5.59. The van der Waals surface area contributed by atoms with E-state index < -0.39 is 0 Å². The van der Waals surface area contributed by atoms with Crippen LogP contribution in [0.4, 0.5) is 0 Å². The minimum absolute atomic E-state index is 0.0777. The minimum atomic E-state index is -0.0777. The number of amides is 1. The lowest BCUT2D eigenvalue weighted by molar-refractivity contribution is 0.0353. The van der Waals surface area contributed by atoms with Gasteiger partial charge in [-0.2, -0.15) is 5.10 Å². The average molecular weight is 421 g/mol. The van der Waals surface area contributed by atoms with Crippen molar-refractivity contribution < 1.29 is 14.3 Å². The van der Waals surface area contributed by atoms with Crippen molar-refractivity contribution >= 4 is 11.6 Å². The third-order valence-electron chi connectivity index (χ3n) is 6.52. The van der Waals surface area contributed by atoms with E-state index in [2.05, 4.69) is 22.2 Å². The van der Waals surface area contributed by atoms with E-state index in [0.29, 0.717) is 36.8 Å². The average Bonchev–Trinajstić information content (AvgIpc) is 3.12. The van der Waals surface area contributed by atoms with Gasteiger partial charge < -0.3 is 14.4 Å². The summed E-state index contributed by atoms with van der Waals surface area (Å²) in [4.78, 5) is 19.5. The van der Waals surface area contributed by atoms with Gasteiger partial charge in [-0.15, -0.1) is 0 Å². The van der Waals surface area contributed by atoms with Crippen molar-refractivity contribution in [3.63, 3.8) is 0 Å². The quantitative estimate of drug-likeness (QED) is 0.637. The number of ether oxygens (including phenoxy) is 2. The van der Waals surface area contributed by atoms with Crippen molar-refractivity contribution in [3.05, 3.63) is 59.5 Å². The Morgan fingerprint density at radius 1 is 1.26 bits per heavy atom. The molecule has 2 aliphatic rings. The predicted molar refractivity (Wildman–Crippen MR) is 116 cm³/mol. The topological polar surface area (TPSA) is 69.0 Å². The Labute approximate surface area is 182 Å². The molecule has 3 heterocycles. The molecule has 1 unspecified atom stereocenters. The summed E-state index contributed by atoms with van der Waals surface area (Å²) in [6.07, 6.45) is 11.4. The van der Waals surface area contributed by atoms with Crippen molar-refractivity contribution in [1.29, 1.82) is 0 Å². The first-order chi connectivity index (χ1) is 15.2.